The molecule has 2 N–H and O–H groups in total. The zero-order valence-corrected chi connectivity index (χ0v) is 5.59. The van der Waals surface area contributed by atoms with Crippen molar-refractivity contribution in [1.82, 2.24) is 0 Å². The molecule has 0 bridgehead atoms. The van der Waals surface area contributed by atoms with Crippen LogP contribution in [0.2, 0.25) is 0 Å². The van der Waals surface area contributed by atoms with Crippen LogP contribution in [0.15, 0.2) is 11.4 Å². The van der Waals surface area contributed by atoms with Crippen LogP contribution in [0, 0.1) is 0 Å². The van der Waals surface area contributed by atoms with Crippen molar-refractivity contribution in [3.8, 4) is 0 Å². The Labute approximate surface area is 59.3 Å². The maximum atomic E-state index is 11.8. The Morgan fingerprint density at radius 2 is 2.00 bits per heavy atom. The van der Waals surface area contributed by atoms with Gasteiger partial charge >= 0.3 is 6.18 Å². The van der Waals surface area contributed by atoms with Gasteiger partial charge < -0.3 is 5.73 Å². The standard InChI is InChI=1S/C5H4F3NS/c6-5(7,8)3-1-4(9)10-2-3/h1-2H,9H2. The second-order valence-electron chi connectivity index (χ2n) is 1.74. The largest absolute Gasteiger partial charge is 0.417 e. The fourth-order valence-electron chi connectivity index (χ4n) is 0.501. The number of anilines is 1. The molecule has 0 spiro atoms. The highest BCUT2D eigenvalue weighted by Crippen LogP contribution is 2.33. The number of alkyl halides is 3. The van der Waals surface area contributed by atoms with Crippen molar-refractivity contribution in [1.29, 1.82) is 0 Å². The van der Waals surface area contributed by atoms with Crippen molar-refractivity contribution in [2.45, 2.75) is 6.18 Å². The van der Waals surface area contributed by atoms with Crippen LogP contribution in [0.1, 0.15) is 5.56 Å². The van der Waals surface area contributed by atoms with Gasteiger partial charge in [0.1, 0.15) is 0 Å². The Bertz CT molecular complexity index is 227. The number of halogens is 3. The summed E-state index contributed by atoms with van der Waals surface area (Å²) in [6, 6.07) is 0.921. The van der Waals surface area contributed by atoms with E-state index < -0.39 is 11.7 Å². The first-order chi connectivity index (χ1) is 4.50. The van der Waals surface area contributed by atoms with Crippen molar-refractivity contribution in [3.63, 3.8) is 0 Å². The van der Waals surface area contributed by atoms with Gasteiger partial charge in [0, 0.05) is 5.38 Å². The van der Waals surface area contributed by atoms with E-state index >= 15 is 0 Å². The first kappa shape index (κ1) is 7.40. The molecule has 0 aliphatic heterocycles. The highest BCUT2D eigenvalue weighted by atomic mass is 32.1. The first-order valence-electron chi connectivity index (χ1n) is 2.41. The molecule has 1 heterocycles. The Morgan fingerprint density at radius 1 is 1.40 bits per heavy atom. The number of rotatable bonds is 0. The van der Waals surface area contributed by atoms with Gasteiger partial charge in [0.2, 0.25) is 0 Å². The summed E-state index contributed by atoms with van der Waals surface area (Å²) in [5.74, 6) is 0. The van der Waals surface area contributed by atoms with Crippen LogP contribution in [-0.4, -0.2) is 0 Å². The van der Waals surface area contributed by atoms with Crippen LogP contribution >= 0.6 is 11.3 Å². The third kappa shape index (κ3) is 1.41. The molecule has 0 saturated heterocycles. The lowest BCUT2D eigenvalue weighted by atomic mass is 10.3. The first-order valence-corrected chi connectivity index (χ1v) is 3.29. The fourth-order valence-corrected chi connectivity index (χ4v) is 1.16. The molecule has 1 aromatic rings. The summed E-state index contributed by atoms with van der Waals surface area (Å²) in [6.07, 6.45) is -4.26. The van der Waals surface area contributed by atoms with Crippen molar-refractivity contribution in [2.24, 2.45) is 0 Å². The van der Waals surface area contributed by atoms with E-state index in [-0.39, 0.29) is 5.00 Å². The van der Waals surface area contributed by atoms with Crippen LogP contribution in [0.4, 0.5) is 18.2 Å². The van der Waals surface area contributed by atoms with Crippen LogP contribution in [-0.2, 0) is 6.18 Å². The highest BCUT2D eigenvalue weighted by Gasteiger charge is 2.31. The molecule has 0 saturated carbocycles. The quantitative estimate of drug-likeness (QED) is 0.630. The van der Waals surface area contributed by atoms with Crippen LogP contribution in [0.25, 0.3) is 0 Å². The van der Waals surface area contributed by atoms with Crippen LogP contribution in [0.5, 0.6) is 0 Å². The molecular weight excluding hydrogens is 163 g/mol. The third-order valence-corrected chi connectivity index (χ3v) is 1.71. The second-order valence-corrected chi connectivity index (χ2v) is 2.68. The highest BCUT2D eigenvalue weighted by molar-refractivity contribution is 7.14. The van der Waals surface area contributed by atoms with E-state index in [1.54, 1.807) is 0 Å². The third-order valence-electron chi connectivity index (χ3n) is 0.947. The van der Waals surface area contributed by atoms with Gasteiger partial charge in [-0.15, -0.1) is 11.3 Å². The van der Waals surface area contributed by atoms with E-state index in [4.69, 9.17) is 5.73 Å². The molecule has 0 radical (unpaired) electrons. The van der Waals surface area contributed by atoms with Crippen molar-refractivity contribution in [3.05, 3.63) is 17.0 Å². The second kappa shape index (κ2) is 2.16. The summed E-state index contributed by atoms with van der Waals surface area (Å²) in [7, 11) is 0. The molecule has 0 aliphatic rings. The summed E-state index contributed by atoms with van der Waals surface area (Å²) >= 11 is 0.889. The minimum atomic E-state index is -4.26. The summed E-state index contributed by atoms with van der Waals surface area (Å²) in [5, 5.41) is 1.18. The smallest absolute Gasteiger partial charge is 0.391 e. The van der Waals surface area contributed by atoms with Crippen molar-refractivity contribution < 1.29 is 13.2 Å². The van der Waals surface area contributed by atoms with Gasteiger partial charge in [0.25, 0.3) is 0 Å². The maximum Gasteiger partial charge on any atom is 0.417 e. The van der Waals surface area contributed by atoms with Gasteiger partial charge in [-0.05, 0) is 6.07 Å². The molecule has 1 aromatic heterocycles. The number of nitrogen functional groups attached to an aromatic ring is 1. The fraction of sp³-hybridized carbons (Fsp3) is 0.200. The maximum absolute atomic E-state index is 11.8. The van der Waals surface area contributed by atoms with E-state index in [2.05, 4.69) is 0 Å². The molecule has 1 rings (SSSR count). The molecule has 5 heteroatoms. The molecular formula is C5H4F3NS. The van der Waals surface area contributed by atoms with E-state index in [1.807, 2.05) is 0 Å². The number of thiophene rings is 1. The van der Waals surface area contributed by atoms with E-state index in [0.29, 0.717) is 0 Å². The topological polar surface area (TPSA) is 26.0 Å². The molecule has 10 heavy (non-hydrogen) atoms. The molecule has 1 nitrogen and oxygen atoms in total. The number of hydrogen-bond acceptors (Lipinski definition) is 2. The van der Waals surface area contributed by atoms with Crippen LogP contribution in [0.3, 0.4) is 0 Å². The van der Waals surface area contributed by atoms with Crippen molar-refractivity contribution >= 4 is 16.3 Å². The van der Waals surface area contributed by atoms with Gasteiger partial charge in [0.15, 0.2) is 0 Å². The van der Waals surface area contributed by atoms with E-state index in [9.17, 15) is 13.2 Å². The summed E-state index contributed by atoms with van der Waals surface area (Å²) in [6.45, 7) is 0. The Hall–Kier alpha value is -0.710. The predicted molar refractivity (Wildman–Crippen MR) is 33.7 cm³/mol. The molecule has 0 aliphatic carbocycles. The van der Waals surface area contributed by atoms with E-state index in [0.717, 1.165) is 22.8 Å². The molecule has 0 aromatic carbocycles. The number of hydrogen-bond donors (Lipinski definition) is 1. The normalized spacial score (nSPS) is 11.9. The summed E-state index contributed by atoms with van der Waals surface area (Å²) in [5.41, 5.74) is 4.42. The Balaban J connectivity index is 2.96. The minimum Gasteiger partial charge on any atom is -0.391 e. The molecule has 0 fully saturated rings. The summed E-state index contributed by atoms with van der Waals surface area (Å²) < 4.78 is 35.3. The monoisotopic (exact) mass is 167 g/mol. The zero-order chi connectivity index (χ0) is 7.78. The van der Waals surface area contributed by atoms with Gasteiger partial charge in [-0.25, -0.2) is 0 Å². The molecule has 0 unspecified atom stereocenters. The van der Waals surface area contributed by atoms with Gasteiger partial charge in [-0.3, -0.25) is 0 Å². The van der Waals surface area contributed by atoms with Gasteiger partial charge in [-0.2, -0.15) is 13.2 Å². The van der Waals surface area contributed by atoms with Gasteiger partial charge in [-0.1, -0.05) is 0 Å². The average Bonchev–Trinajstić information content (AvgIpc) is 2.11. The molecule has 0 atom stereocenters. The summed E-state index contributed by atoms with van der Waals surface area (Å²) in [4.78, 5) is 0. The van der Waals surface area contributed by atoms with Gasteiger partial charge in [0.05, 0.1) is 10.6 Å². The number of nitrogens with two attached hydrogens (primary N) is 1. The average molecular weight is 167 g/mol. The van der Waals surface area contributed by atoms with Crippen LogP contribution < -0.4 is 5.73 Å². The van der Waals surface area contributed by atoms with Crippen molar-refractivity contribution in [2.75, 3.05) is 5.73 Å². The lowest BCUT2D eigenvalue weighted by Crippen LogP contribution is -2.01. The zero-order valence-electron chi connectivity index (χ0n) is 4.77. The molecule has 0 amide bonds. The predicted octanol–water partition coefficient (Wildman–Crippen LogP) is 2.35. The lowest BCUT2D eigenvalue weighted by Gasteiger charge is -2.00. The Morgan fingerprint density at radius 3 is 2.20 bits per heavy atom. The van der Waals surface area contributed by atoms with E-state index in [1.165, 1.54) is 0 Å². The lowest BCUT2D eigenvalue weighted by molar-refractivity contribution is -0.137. The Kier molecular flexibility index (Phi) is 1.60. The SMILES string of the molecule is Nc1cc(C(F)(F)F)cs1. The minimum absolute atomic E-state index is 0.187. The molecule has 56 valence electrons.